The van der Waals surface area contributed by atoms with E-state index in [1.807, 2.05) is 33.3 Å². The Labute approximate surface area is 468 Å². The summed E-state index contributed by atoms with van der Waals surface area (Å²) >= 11 is 0. The molecule has 0 radical (unpaired) electrons. The summed E-state index contributed by atoms with van der Waals surface area (Å²) in [6.07, 6.45) is 73.7. The van der Waals surface area contributed by atoms with Gasteiger partial charge in [0.25, 0.3) is 7.82 Å². The normalized spacial score (nSPS) is 14.4. The number of esters is 1. The van der Waals surface area contributed by atoms with E-state index in [1.165, 1.54) is 103 Å². The fourth-order valence-electron chi connectivity index (χ4n) is 8.46. The second-order valence-corrected chi connectivity index (χ2v) is 23.2. The van der Waals surface area contributed by atoms with Crippen LogP contribution >= 0.6 is 7.82 Å². The molecule has 76 heavy (non-hydrogen) atoms. The molecule has 1 N–H and O–H groups in total. The van der Waals surface area contributed by atoms with Gasteiger partial charge in [0.15, 0.2) is 0 Å². The van der Waals surface area contributed by atoms with Crippen LogP contribution < -0.4 is 10.2 Å². The van der Waals surface area contributed by atoms with Gasteiger partial charge in [0.05, 0.1) is 33.8 Å². The van der Waals surface area contributed by atoms with Crippen molar-refractivity contribution in [2.75, 3.05) is 40.9 Å². The van der Waals surface area contributed by atoms with Crippen molar-refractivity contribution in [3.05, 3.63) is 97.2 Å². The maximum Gasteiger partial charge on any atom is 0.306 e. The molecule has 3 atom stereocenters. The molecule has 0 saturated carbocycles. The quantitative estimate of drug-likeness (QED) is 0.0212. The molecule has 0 aliphatic carbocycles. The summed E-state index contributed by atoms with van der Waals surface area (Å²) in [4.78, 5) is 40.0. The third-order valence-corrected chi connectivity index (χ3v) is 14.2. The average Bonchev–Trinajstić information content (AvgIpc) is 3.38. The molecule has 0 bridgehead atoms. The minimum absolute atomic E-state index is 0.0329. The molecule has 0 spiro atoms. The number of allylic oxidation sites excluding steroid dienone is 15. The zero-order chi connectivity index (χ0) is 55.7. The van der Waals surface area contributed by atoms with Crippen LogP contribution in [0.2, 0.25) is 0 Å². The van der Waals surface area contributed by atoms with Gasteiger partial charge in [-0.2, -0.15) is 0 Å². The Morgan fingerprint density at radius 1 is 0.474 bits per heavy atom. The summed E-state index contributed by atoms with van der Waals surface area (Å²) in [6, 6.07) is -0.909. The van der Waals surface area contributed by atoms with Crippen molar-refractivity contribution >= 4 is 19.7 Å². The number of amides is 1. The maximum absolute atomic E-state index is 13.5. The second-order valence-electron chi connectivity index (χ2n) is 21.8. The smallest absolute Gasteiger partial charge is 0.306 e. The number of carbonyl (C=O) groups is 2. The van der Waals surface area contributed by atoms with Gasteiger partial charge in [-0.05, 0) is 109 Å². The Morgan fingerprint density at radius 2 is 0.842 bits per heavy atom. The third kappa shape index (κ3) is 55.7. The summed E-state index contributed by atoms with van der Waals surface area (Å²) in [5.41, 5.74) is 0. The number of likely N-dealkylation sites (N-methyl/N-ethyl adjacent to an activating group) is 1. The van der Waals surface area contributed by atoms with Crippen molar-refractivity contribution in [2.24, 2.45) is 0 Å². The van der Waals surface area contributed by atoms with Gasteiger partial charge in [0.1, 0.15) is 19.3 Å². The van der Waals surface area contributed by atoms with Crippen LogP contribution in [-0.2, 0) is 27.9 Å². The molecule has 0 aliphatic rings. The van der Waals surface area contributed by atoms with Crippen LogP contribution in [0, 0.1) is 0 Å². The molecule has 0 fully saturated rings. The molecule has 0 saturated heterocycles. The number of ether oxygens (including phenoxy) is 1. The number of hydrogen-bond donors (Lipinski definition) is 1. The maximum atomic E-state index is 13.5. The highest BCUT2D eigenvalue weighted by Gasteiger charge is 2.27. The summed E-state index contributed by atoms with van der Waals surface area (Å²) in [6.45, 7) is 6.67. The number of rotatable bonds is 55. The van der Waals surface area contributed by atoms with Gasteiger partial charge in [-0.3, -0.25) is 14.2 Å². The molecule has 0 aromatic rings. The van der Waals surface area contributed by atoms with Crippen molar-refractivity contribution in [1.29, 1.82) is 0 Å². The van der Waals surface area contributed by atoms with Gasteiger partial charge >= 0.3 is 5.97 Å². The minimum atomic E-state index is -4.71. The van der Waals surface area contributed by atoms with Crippen LogP contribution in [0.25, 0.3) is 0 Å². The first-order valence-electron chi connectivity index (χ1n) is 31.0. The first-order chi connectivity index (χ1) is 36.9. The molecule has 10 heteroatoms. The van der Waals surface area contributed by atoms with Gasteiger partial charge in [-0.25, -0.2) is 0 Å². The standard InChI is InChI=1S/C66H117N2O7P/c1-7-10-13-16-19-22-25-28-30-31-32-33-34-35-36-37-38-40-43-46-49-52-55-58-65(69)67-63(62-74-76(71,72)73-61-60-68(4,5)6)64(57-54-51-48-45-42-39-27-24-21-18-15-12-9-3)75-66(70)59-56-53-50-47-44-41-29-26-23-20-17-14-11-8-2/h11,14,19-20,22-23,28-30,32-33,35-36,41,54,57,63-64H,7-10,12-13,15-18,21,24-27,31,34,37-40,42-53,55-56,58-62H2,1-6H3,(H-,67,69,71,72)/b14-11+,22-19-,23-20+,30-28-,33-32-,36-35-,41-29+,57-54-. The summed E-state index contributed by atoms with van der Waals surface area (Å²) in [5.74, 6) is -0.582. The number of quaternary nitrogens is 1. The molecule has 0 aromatic carbocycles. The lowest BCUT2D eigenvalue weighted by Gasteiger charge is -2.30. The molecule has 0 aliphatic heterocycles. The van der Waals surface area contributed by atoms with E-state index in [-0.39, 0.29) is 24.9 Å². The summed E-state index contributed by atoms with van der Waals surface area (Å²) < 4.78 is 30.3. The lowest BCUT2D eigenvalue weighted by Crippen LogP contribution is -2.47. The topological polar surface area (TPSA) is 114 Å². The van der Waals surface area contributed by atoms with Crippen LogP contribution in [-0.4, -0.2) is 69.4 Å². The number of hydrogen-bond acceptors (Lipinski definition) is 7. The molecule has 0 heterocycles. The lowest BCUT2D eigenvalue weighted by atomic mass is 10.0. The van der Waals surface area contributed by atoms with Gasteiger partial charge in [-0.15, -0.1) is 0 Å². The van der Waals surface area contributed by atoms with Gasteiger partial charge in [0.2, 0.25) is 5.91 Å². The van der Waals surface area contributed by atoms with Crippen LogP contribution in [0.5, 0.6) is 0 Å². The van der Waals surface area contributed by atoms with Crippen LogP contribution in [0.3, 0.4) is 0 Å². The van der Waals surface area contributed by atoms with Gasteiger partial charge in [0, 0.05) is 12.8 Å². The molecule has 9 nitrogen and oxygen atoms in total. The van der Waals surface area contributed by atoms with E-state index in [1.54, 1.807) is 0 Å². The Kier molecular flexibility index (Phi) is 53.0. The Morgan fingerprint density at radius 3 is 1.29 bits per heavy atom. The second kappa shape index (κ2) is 55.3. The zero-order valence-corrected chi connectivity index (χ0v) is 50.8. The average molecular weight is 1080 g/mol. The molecule has 0 rings (SSSR count). The van der Waals surface area contributed by atoms with Gasteiger partial charge in [-0.1, -0.05) is 234 Å². The monoisotopic (exact) mass is 1080 g/mol. The Bertz CT molecular complexity index is 1620. The first-order valence-corrected chi connectivity index (χ1v) is 32.5. The zero-order valence-electron chi connectivity index (χ0n) is 49.9. The number of nitrogens with zero attached hydrogens (tertiary/aromatic N) is 1. The van der Waals surface area contributed by atoms with E-state index in [2.05, 4.69) is 111 Å². The molecular formula is C66H117N2O7P. The van der Waals surface area contributed by atoms with Crippen molar-refractivity contribution in [2.45, 2.75) is 270 Å². The van der Waals surface area contributed by atoms with E-state index in [4.69, 9.17) is 13.8 Å². The number of phosphoric ester groups is 1. The third-order valence-electron chi connectivity index (χ3n) is 13.2. The van der Waals surface area contributed by atoms with Crippen molar-refractivity contribution in [3.8, 4) is 0 Å². The van der Waals surface area contributed by atoms with Gasteiger partial charge < -0.3 is 28.5 Å². The molecule has 3 unspecified atom stereocenters. The molecule has 438 valence electrons. The summed E-state index contributed by atoms with van der Waals surface area (Å²) in [7, 11) is 1.15. The Hall–Kier alpha value is -3.07. The van der Waals surface area contributed by atoms with E-state index in [0.29, 0.717) is 23.9 Å². The predicted molar refractivity (Wildman–Crippen MR) is 325 cm³/mol. The predicted octanol–water partition coefficient (Wildman–Crippen LogP) is 18.5. The highest BCUT2D eigenvalue weighted by Crippen LogP contribution is 2.38. The van der Waals surface area contributed by atoms with E-state index >= 15 is 0 Å². The SMILES string of the molecule is CC/C=C/C/C=C/C/C=C/CCCCCCC(=O)OC(/C=C\CCCCCCCCCCCCC)C(COP(=O)([O-])OCC[N+](C)(C)C)NC(=O)CCCCCCCCC/C=C\C/C=C\C/C=C\C/C=C\CCCCC. The van der Waals surface area contributed by atoms with Crippen LogP contribution in [0.15, 0.2) is 97.2 Å². The first kappa shape index (κ1) is 72.9. The van der Waals surface area contributed by atoms with E-state index in [9.17, 15) is 19.0 Å². The molecule has 0 aromatic heterocycles. The fraction of sp³-hybridized carbons (Fsp3) is 0.727. The van der Waals surface area contributed by atoms with Crippen molar-refractivity contribution in [1.82, 2.24) is 5.32 Å². The van der Waals surface area contributed by atoms with Crippen molar-refractivity contribution < 1.29 is 37.3 Å². The largest absolute Gasteiger partial charge is 0.756 e. The number of phosphoric acid groups is 1. The highest BCUT2D eigenvalue weighted by molar-refractivity contribution is 7.45. The summed E-state index contributed by atoms with van der Waals surface area (Å²) in [5, 5.41) is 3.02. The van der Waals surface area contributed by atoms with Crippen molar-refractivity contribution in [3.63, 3.8) is 0 Å². The van der Waals surface area contributed by atoms with E-state index in [0.717, 1.165) is 116 Å². The minimum Gasteiger partial charge on any atom is -0.756 e. The Balaban J connectivity index is 5.29. The van der Waals surface area contributed by atoms with Crippen LogP contribution in [0.4, 0.5) is 0 Å². The van der Waals surface area contributed by atoms with Crippen LogP contribution in [0.1, 0.15) is 258 Å². The molecular weight excluding hydrogens is 964 g/mol. The highest BCUT2D eigenvalue weighted by atomic mass is 31.2. The number of carbonyl (C=O) groups excluding carboxylic acids is 2. The fourth-order valence-corrected chi connectivity index (χ4v) is 9.18. The van der Waals surface area contributed by atoms with E-state index < -0.39 is 26.6 Å². The lowest BCUT2D eigenvalue weighted by molar-refractivity contribution is -0.870. The number of unbranched alkanes of at least 4 members (excludes halogenated alkanes) is 25. The number of nitrogens with one attached hydrogen (secondary N) is 1. The molecule has 1 amide bonds.